The molecule has 1 amide bonds. The van der Waals surface area contributed by atoms with Crippen molar-refractivity contribution < 1.29 is 63.3 Å². The van der Waals surface area contributed by atoms with Crippen LogP contribution < -0.4 is 44.3 Å². The largest absolute Gasteiger partial charge is 1.00 e. The fourth-order valence-corrected chi connectivity index (χ4v) is 2.21. The number of nitrogens with zero attached hydrogens (tertiary/aromatic N) is 2. The summed E-state index contributed by atoms with van der Waals surface area (Å²) < 4.78 is 16.1. The first-order chi connectivity index (χ1) is 12.1. The average molecular weight is 479 g/mol. The molecule has 0 aliphatic rings. The SMILES string of the molecule is CCOc1cc(NC(=O)c2ccc(OC)cc2)c(OCC)cc1[N+]#N.[Cl-].[Cl-].[Zn+]. The monoisotopic (exact) mass is 476 g/mol. The molecule has 0 saturated carbocycles. The van der Waals surface area contributed by atoms with Crippen molar-refractivity contribution in [3.05, 3.63) is 46.9 Å². The molecular formula is C18H20Cl2N3O4Zn. The van der Waals surface area contributed by atoms with Gasteiger partial charge in [0.05, 0.1) is 32.1 Å². The van der Waals surface area contributed by atoms with Gasteiger partial charge >= 0.3 is 25.2 Å². The molecule has 0 aliphatic carbocycles. The minimum absolute atomic E-state index is 0. The number of nitrogens with one attached hydrogen (secondary N) is 1. The molecule has 2 aromatic rings. The number of anilines is 1. The Morgan fingerprint density at radius 2 is 1.61 bits per heavy atom. The quantitative estimate of drug-likeness (QED) is 0.376. The molecule has 0 fully saturated rings. The second-order valence-electron chi connectivity index (χ2n) is 4.96. The molecule has 10 heteroatoms. The molecular weight excluding hydrogens is 459 g/mol. The summed E-state index contributed by atoms with van der Waals surface area (Å²) in [4.78, 5) is 15.7. The zero-order valence-corrected chi connectivity index (χ0v) is 20.3. The van der Waals surface area contributed by atoms with E-state index in [1.807, 2.05) is 13.8 Å². The van der Waals surface area contributed by atoms with Gasteiger partial charge in [-0.3, -0.25) is 4.79 Å². The van der Waals surface area contributed by atoms with Crippen molar-refractivity contribution in [1.29, 1.82) is 5.39 Å². The molecule has 0 spiro atoms. The van der Waals surface area contributed by atoms with E-state index in [9.17, 15) is 4.79 Å². The number of rotatable bonds is 7. The molecule has 0 atom stereocenters. The van der Waals surface area contributed by atoms with Gasteiger partial charge in [-0.25, -0.2) is 0 Å². The summed E-state index contributed by atoms with van der Waals surface area (Å²) in [5, 5.41) is 11.9. The molecule has 2 aromatic carbocycles. The number of carbonyl (C=O) groups is 1. The first kappa shape index (κ1) is 28.1. The maximum atomic E-state index is 12.5. The first-order valence-electron chi connectivity index (χ1n) is 7.87. The molecule has 1 radical (unpaired) electrons. The first-order valence-corrected chi connectivity index (χ1v) is 7.87. The molecule has 0 bridgehead atoms. The molecule has 0 aromatic heterocycles. The molecule has 147 valence electrons. The van der Waals surface area contributed by atoms with E-state index in [2.05, 4.69) is 10.3 Å². The summed E-state index contributed by atoms with van der Waals surface area (Å²) >= 11 is 0. The van der Waals surface area contributed by atoms with Crippen molar-refractivity contribution in [3.8, 4) is 17.2 Å². The van der Waals surface area contributed by atoms with Crippen LogP contribution in [-0.4, -0.2) is 26.2 Å². The normalized spacial score (nSPS) is 8.79. The number of hydrogen-bond donors (Lipinski definition) is 1. The van der Waals surface area contributed by atoms with Gasteiger partial charge in [-0.1, -0.05) is 0 Å². The third kappa shape index (κ3) is 7.16. The van der Waals surface area contributed by atoms with Crippen LogP contribution in [-0.2, 0) is 19.5 Å². The maximum absolute atomic E-state index is 12.5. The van der Waals surface area contributed by atoms with E-state index in [0.717, 1.165) is 0 Å². The summed E-state index contributed by atoms with van der Waals surface area (Å²) in [5.41, 5.74) is 1.13. The Morgan fingerprint density at radius 1 is 1.04 bits per heavy atom. The number of amides is 1. The molecule has 0 saturated heterocycles. The summed E-state index contributed by atoms with van der Waals surface area (Å²) in [6.45, 7) is 4.42. The van der Waals surface area contributed by atoms with Gasteiger partial charge in [-0.05, 0) is 38.1 Å². The Morgan fingerprint density at radius 3 is 2.11 bits per heavy atom. The molecule has 1 N–H and O–H groups in total. The number of diazo groups is 1. The molecule has 0 unspecified atom stereocenters. The summed E-state index contributed by atoms with van der Waals surface area (Å²) in [6.07, 6.45) is 0. The van der Waals surface area contributed by atoms with Gasteiger partial charge in [-0.2, -0.15) is 0 Å². The van der Waals surface area contributed by atoms with Crippen molar-refractivity contribution in [3.63, 3.8) is 0 Å². The Kier molecular flexibility index (Phi) is 14.1. The predicted molar refractivity (Wildman–Crippen MR) is 94.5 cm³/mol. The van der Waals surface area contributed by atoms with E-state index in [0.29, 0.717) is 41.7 Å². The van der Waals surface area contributed by atoms with Crippen LogP contribution in [0.4, 0.5) is 11.4 Å². The van der Waals surface area contributed by atoms with Crippen molar-refractivity contribution >= 4 is 17.3 Å². The third-order valence-electron chi connectivity index (χ3n) is 3.37. The van der Waals surface area contributed by atoms with Crippen LogP contribution in [0.1, 0.15) is 24.2 Å². The van der Waals surface area contributed by atoms with Gasteiger partial charge in [0, 0.05) is 11.6 Å². The topological polar surface area (TPSA) is 84.9 Å². The smallest absolute Gasteiger partial charge is 1.00 e. The number of methoxy groups -OCH3 is 1. The Bertz CT molecular complexity index is 799. The molecule has 0 heterocycles. The predicted octanol–water partition coefficient (Wildman–Crippen LogP) is -1.77. The van der Waals surface area contributed by atoms with Crippen LogP contribution in [0, 0.1) is 5.39 Å². The fourth-order valence-electron chi connectivity index (χ4n) is 2.21. The Labute approximate surface area is 189 Å². The average Bonchev–Trinajstić information content (AvgIpc) is 2.64. The summed E-state index contributed by atoms with van der Waals surface area (Å²) in [7, 11) is 1.56. The van der Waals surface area contributed by atoms with Gasteiger partial charge in [0.25, 0.3) is 5.91 Å². The molecule has 28 heavy (non-hydrogen) atoms. The molecule has 2 rings (SSSR count). The minimum atomic E-state index is -0.306. The van der Waals surface area contributed by atoms with Crippen LogP contribution >= 0.6 is 0 Å². The fraction of sp³-hybridized carbons (Fsp3) is 0.278. The minimum Gasteiger partial charge on any atom is -1.00 e. The zero-order valence-electron chi connectivity index (χ0n) is 15.9. The second-order valence-corrected chi connectivity index (χ2v) is 4.96. The van der Waals surface area contributed by atoms with Crippen LogP contribution in [0.15, 0.2) is 36.4 Å². The standard InChI is InChI=1S/C18H19N3O4.2ClH.Zn/c1-4-24-16-11-15(21-19)17(25-5-2)10-14(16)20-18(22)12-6-8-13(23-3)9-7-12;;;/h6-11H,4-5H2,1-3H3;2*1H;/q;;;+1/p-1. The van der Waals surface area contributed by atoms with Crippen LogP contribution in [0.5, 0.6) is 17.2 Å². The van der Waals surface area contributed by atoms with Crippen molar-refractivity contribution in [2.75, 3.05) is 25.6 Å². The van der Waals surface area contributed by atoms with Crippen molar-refractivity contribution in [1.82, 2.24) is 0 Å². The Balaban J connectivity index is 0. The van der Waals surface area contributed by atoms with Crippen LogP contribution in [0.3, 0.4) is 0 Å². The van der Waals surface area contributed by atoms with E-state index < -0.39 is 0 Å². The van der Waals surface area contributed by atoms with Gasteiger partial charge in [0.1, 0.15) is 5.75 Å². The molecule has 7 nitrogen and oxygen atoms in total. The van der Waals surface area contributed by atoms with Crippen molar-refractivity contribution in [2.45, 2.75) is 13.8 Å². The third-order valence-corrected chi connectivity index (χ3v) is 3.37. The van der Waals surface area contributed by atoms with E-state index in [4.69, 9.17) is 19.6 Å². The summed E-state index contributed by atoms with van der Waals surface area (Å²) in [5.74, 6) is 1.10. The second kappa shape index (κ2) is 14.0. The van der Waals surface area contributed by atoms with Crippen LogP contribution in [0.2, 0.25) is 0 Å². The van der Waals surface area contributed by atoms with E-state index in [1.165, 1.54) is 6.07 Å². The molecule has 0 aliphatic heterocycles. The van der Waals surface area contributed by atoms with E-state index in [-0.39, 0.29) is 55.9 Å². The van der Waals surface area contributed by atoms with Crippen LogP contribution in [0.25, 0.3) is 4.98 Å². The van der Waals surface area contributed by atoms with Gasteiger partial charge < -0.3 is 44.3 Å². The zero-order chi connectivity index (χ0) is 18.2. The van der Waals surface area contributed by atoms with E-state index in [1.54, 1.807) is 37.4 Å². The maximum Gasteiger partial charge on any atom is 1.00 e. The Hall–Kier alpha value is -2.07. The number of ether oxygens (including phenoxy) is 3. The van der Waals surface area contributed by atoms with Crippen molar-refractivity contribution in [2.24, 2.45) is 0 Å². The number of benzene rings is 2. The van der Waals surface area contributed by atoms with E-state index >= 15 is 0 Å². The van der Waals surface area contributed by atoms with Gasteiger partial charge in [-0.15, -0.1) is 0 Å². The number of halogens is 2. The van der Waals surface area contributed by atoms with Gasteiger partial charge in [0.2, 0.25) is 11.1 Å². The van der Waals surface area contributed by atoms with Gasteiger partial charge in [0.15, 0.2) is 10.7 Å². The number of hydrogen-bond acceptors (Lipinski definition) is 5. The number of carbonyl (C=O) groups excluding carboxylic acids is 1. The summed E-state index contributed by atoms with van der Waals surface area (Å²) in [6, 6.07) is 9.82.